The summed E-state index contributed by atoms with van der Waals surface area (Å²) in [6, 6.07) is 6.87. The number of likely N-dealkylation sites (tertiary alicyclic amines) is 1. The number of nitrogens with one attached hydrogen (secondary N) is 2. The molecule has 15 heteroatoms. The van der Waals surface area contributed by atoms with Crippen LogP contribution in [0.25, 0.3) is 10.9 Å². The van der Waals surface area contributed by atoms with Crippen molar-refractivity contribution in [2.75, 3.05) is 24.4 Å². The number of anilines is 2. The number of carbonyl (C=O) groups is 4. The van der Waals surface area contributed by atoms with Gasteiger partial charge in [-0.05, 0) is 49.1 Å². The molecule has 4 N–H and O–H groups in total. The molecule has 3 atom stereocenters. The summed E-state index contributed by atoms with van der Waals surface area (Å²) in [5.41, 5.74) is 6.13. The summed E-state index contributed by atoms with van der Waals surface area (Å²) in [5, 5.41) is 5.67. The number of aromatic nitrogens is 1. The lowest BCUT2D eigenvalue weighted by Crippen LogP contribution is -2.47. The standard InChI is InChI=1S/C26H24F3N5O7/c1-39-22(35)12-40-15-5-6-19-17(10-15)18(11-33(19)24(30)37)32-25(38)34-20-7-13(20)8-21(34)23(36)31-14-3-2-4-16(9-14)41-26(27,28)29/h2-6,9-11,13,20-21H,7-8,12H2,1H3,(H2,30,37)(H,31,36)(H,32,38)/t13-,20-,21+/m1/s1. The van der Waals surface area contributed by atoms with Crippen molar-refractivity contribution in [2.45, 2.75) is 31.3 Å². The van der Waals surface area contributed by atoms with Gasteiger partial charge in [0.2, 0.25) is 5.91 Å². The van der Waals surface area contributed by atoms with E-state index in [1.165, 1.54) is 48.5 Å². The molecular weight excluding hydrogens is 551 g/mol. The molecule has 1 aromatic heterocycles. The first-order valence-corrected chi connectivity index (χ1v) is 12.3. The molecule has 1 saturated heterocycles. The zero-order valence-corrected chi connectivity index (χ0v) is 21.4. The third-order valence-corrected chi connectivity index (χ3v) is 6.82. The van der Waals surface area contributed by atoms with E-state index < -0.39 is 42.1 Å². The molecule has 1 saturated carbocycles. The second-order valence-electron chi connectivity index (χ2n) is 9.51. The van der Waals surface area contributed by atoms with Gasteiger partial charge in [-0.25, -0.2) is 14.4 Å². The number of urea groups is 1. The molecule has 0 unspecified atom stereocenters. The minimum Gasteiger partial charge on any atom is -0.482 e. The fourth-order valence-electron chi connectivity index (χ4n) is 4.94. The number of rotatable bonds is 7. The monoisotopic (exact) mass is 575 g/mol. The summed E-state index contributed by atoms with van der Waals surface area (Å²) in [6.07, 6.45) is -2.50. The summed E-state index contributed by atoms with van der Waals surface area (Å²) in [5.74, 6) is -1.32. The van der Waals surface area contributed by atoms with E-state index in [4.69, 9.17) is 10.5 Å². The number of primary amides is 1. The molecule has 3 aromatic rings. The van der Waals surface area contributed by atoms with E-state index >= 15 is 0 Å². The Kier molecular flexibility index (Phi) is 7.11. The van der Waals surface area contributed by atoms with Crippen molar-refractivity contribution in [3.05, 3.63) is 48.7 Å². The van der Waals surface area contributed by atoms with E-state index in [-0.39, 0.29) is 35.7 Å². The van der Waals surface area contributed by atoms with Crippen LogP contribution in [0.15, 0.2) is 48.7 Å². The van der Waals surface area contributed by atoms with E-state index in [9.17, 15) is 32.3 Å². The Morgan fingerprint density at radius 1 is 1.05 bits per heavy atom. The normalized spacial score (nSPS) is 19.3. The molecule has 5 rings (SSSR count). The molecular formula is C26H24F3N5O7. The molecule has 0 bridgehead atoms. The van der Waals surface area contributed by atoms with Crippen LogP contribution in [0.5, 0.6) is 11.5 Å². The van der Waals surface area contributed by atoms with E-state index in [0.29, 0.717) is 23.7 Å². The first kappa shape index (κ1) is 27.6. The molecule has 12 nitrogen and oxygen atoms in total. The fraction of sp³-hybridized carbons (Fsp3) is 0.308. The first-order chi connectivity index (χ1) is 19.4. The molecule has 2 heterocycles. The van der Waals surface area contributed by atoms with Gasteiger partial charge in [0.15, 0.2) is 6.61 Å². The van der Waals surface area contributed by atoms with Crippen LogP contribution in [-0.2, 0) is 14.3 Å². The summed E-state index contributed by atoms with van der Waals surface area (Å²) < 4.78 is 52.8. The van der Waals surface area contributed by atoms with Crippen LogP contribution in [0.3, 0.4) is 0 Å². The summed E-state index contributed by atoms with van der Waals surface area (Å²) >= 11 is 0. The van der Waals surface area contributed by atoms with Gasteiger partial charge in [-0.3, -0.25) is 9.36 Å². The van der Waals surface area contributed by atoms with Gasteiger partial charge < -0.3 is 35.5 Å². The van der Waals surface area contributed by atoms with Crippen molar-refractivity contribution in [1.82, 2.24) is 9.47 Å². The predicted octanol–water partition coefficient (Wildman–Crippen LogP) is 3.65. The lowest BCUT2D eigenvalue weighted by molar-refractivity contribution is -0.274. The predicted molar refractivity (Wildman–Crippen MR) is 137 cm³/mol. The molecule has 0 spiro atoms. The SMILES string of the molecule is COC(=O)COc1ccc2c(c1)c(NC(=O)N1[C@@H]3C[C@@H]3C[C@H]1C(=O)Nc1cccc(OC(F)(F)F)c1)cn2C(N)=O. The fourth-order valence-corrected chi connectivity index (χ4v) is 4.94. The molecule has 0 radical (unpaired) electrons. The Labute approximate surface area is 230 Å². The first-order valence-electron chi connectivity index (χ1n) is 12.3. The number of hydrogen-bond donors (Lipinski definition) is 3. The van der Waals surface area contributed by atoms with Gasteiger partial charge in [-0.2, -0.15) is 0 Å². The number of nitrogens with zero attached hydrogens (tertiary/aromatic N) is 2. The van der Waals surface area contributed by atoms with Crippen LogP contribution in [0.2, 0.25) is 0 Å². The van der Waals surface area contributed by atoms with Crippen molar-refractivity contribution in [2.24, 2.45) is 11.7 Å². The minimum atomic E-state index is -4.89. The quantitative estimate of drug-likeness (QED) is 0.364. The number of benzene rings is 2. The minimum absolute atomic E-state index is 0.0710. The number of amides is 4. The number of carbonyl (C=O) groups excluding carboxylic acids is 4. The second kappa shape index (κ2) is 10.6. The smallest absolute Gasteiger partial charge is 0.482 e. The third kappa shape index (κ3) is 5.97. The van der Waals surface area contributed by atoms with Gasteiger partial charge in [0.1, 0.15) is 17.5 Å². The van der Waals surface area contributed by atoms with Crippen LogP contribution in [0.1, 0.15) is 12.8 Å². The van der Waals surface area contributed by atoms with Crippen molar-refractivity contribution < 1.29 is 46.6 Å². The van der Waals surface area contributed by atoms with Crippen LogP contribution in [-0.4, -0.2) is 65.6 Å². The summed E-state index contributed by atoms with van der Waals surface area (Å²) in [6.45, 7) is -0.362. The molecule has 2 fully saturated rings. The number of methoxy groups -OCH3 is 1. The Balaban J connectivity index is 1.35. The van der Waals surface area contributed by atoms with Gasteiger partial charge in [-0.15, -0.1) is 13.2 Å². The van der Waals surface area contributed by atoms with E-state index in [2.05, 4.69) is 20.1 Å². The van der Waals surface area contributed by atoms with Gasteiger partial charge >= 0.3 is 24.4 Å². The van der Waals surface area contributed by atoms with Gasteiger partial charge in [-0.1, -0.05) is 6.07 Å². The molecule has 216 valence electrons. The van der Waals surface area contributed by atoms with Crippen LogP contribution < -0.4 is 25.8 Å². The number of hydrogen-bond acceptors (Lipinski definition) is 7. The highest BCUT2D eigenvalue weighted by Gasteiger charge is 2.56. The van der Waals surface area contributed by atoms with Crippen LogP contribution in [0, 0.1) is 5.92 Å². The molecule has 4 amide bonds. The Morgan fingerprint density at radius 2 is 1.83 bits per heavy atom. The number of alkyl halides is 3. The lowest BCUT2D eigenvalue weighted by atomic mass is 10.1. The molecule has 2 aliphatic rings. The van der Waals surface area contributed by atoms with Gasteiger partial charge in [0.25, 0.3) is 0 Å². The third-order valence-electron chi connectivity index (χ3n) is 6.82. The Bertz CT molecular complexity index is 1540. The maximum absolute atomic E-state index is 13.5. The van der Waals surface area contributed by atoms with E-state index in [0.717, 1.165) is 16.7 Å². The van der Waals surface area contributed by atoms with Gasteiger partial charge in [0, 0.05) is 29.4 Å². The zero-order valence-electron chi connectivity index (χ0n) is 21.4. The number of fused-ring (bicyclic) bond motifs is 2. The molecule has 41 heavy (non-hydrogen) atoms. The highest BCUT2D eigenvalue weighted by Crippen LogP contribution is 2.48. The number of nitrogens with two attached hydrogens (primary N) is 1. The number of ether oxygens (including phenoxy) is 3. The maximum Gasteiger partial charge on any atom is 0.573 e. The van der Waals surface area contributed by atoms with Crippen LogP contribution >= 0.6 is 0 Å². The summed E-state index contributed by atoms with van der Waals surface area (Å²) in [4.78, 5) is 51.5. The largest absolute Gasteiger partial charge is 0.573 e. The highest BCUT2D eigenvalue weighted by molar-refractivity contribution is 6.06. The van der Waals surface area contributed by atoms with Gasteiger partial charge in [0.05, 0.1) is 18.3 Å². The zero-order chi connectivity index (χ0) is 29.5. The molecule has 1 aliphatic heterocycles. The van der Waals surface area contributed by atoms with E-state index in [1.54, 1.807) is 0 Å². The highest BCUT2D eigenvalue weighted by atomic mass is 19.4. The summed E-state index contributed by atoms with van der Waals surface area (Å²) in [7, 11) is 1.21. The maximum atomic E-state index is 13.5. The van der Waals surface area contributed by atoms with Crippen LogP contribution in [0.4, 0.5) is 34.1 Å². The Hall–Kier alpha value is -4.95. The topological polar surface area (TPSA) is 154 Å². The van der Waals surface area contributed by atoms with Crippen molar-refractivity contribution in [3.8, 4) is 11.5 Å². The average Bonchev–Trinajstić information content (AvgIpc) is 3.42. The molecule has 2 aromatic carbocycles. The van der Waals surface area contributed by atoms with Crippen molar-refractivity contribution >= 4 is 46.2 Å². The average molecular weight is 576 g/mol. The Morgan fingerprint density at radius 3 is 2.54 bits per heavy atom. The number of halogens is 3. The van der Waals surface area contributed by atoms with Crippen molar-refractivity contribution in [3.63, 3.8) is 0 Å². The van der Waals surface area contributed by atoms with E-state index in [1.807, 2.05) is 0 Å². The number of esters is 1. The molecule has 1 aliphatic carbocycles. The number of piperidine rings is 1. The second-order valence-corrected chi connectivity index (χ2v) is 9.51. The lowest BCUT2D eigenvalue weighted by Gasteiger charge is -2.27. The van der Waals surface area contributed by atoms with Crippen molar-refractivity contribution in [1.29, 1.82) is 0 Å².